The van der Waals surface area contributed by atoms with Crippen molar-refractivity contribution >= 4 is 66.9 Å². The maximum absolute atomic E-state index is 13.1. The van der Waals surface area contributed by atoms with Gasteiger partial charge >= 0.3 is 11.9 Å². The Morgan fingerprint density at radius 2 is 0.933 bits per heavy atom. The minimum absolute atomic E-state index is 0.155. The molecule has 0 radical (unpaired) electrons. The lowest BCUT2D eigenvalue weighted by Crippen LogP contribution is -2.32. The maximum atomic E-state index is 13.1. The number of nitrogens with two attached hydrogens (primary N) is 2. The number of fused-ring (bicyclic) bond motifs is 5. The predicted molar refractivity (Wildman–Crippen MR) is 357 cm³/mol. The molecule has 5 aromatic carbocycles. The summed E-state index contributed by atoms with van der Waals surface area (Å²) in [6, 6.07) is 22.3. The molecule has 8 rings (SSSR count). The number of esters is 2. The fourth-order valence-corrected chi connectivity index (χ4v) is 12.2. The number of aryl methyl sites for hydroxylation is 2. The monoisotopic (exact) mass is 1220 g/mol. The fraction of sp³-hybridized carbons (Fsp3) is 0.521. The number of carbonyl (C=O) groups is 2. The van der Waals surface area contributed by atoms with Crippen LogP contribution in [0, 0.1) is 13.8 Å². The largest absolute Gasteiger partial charge is 0.501 e. The number of anilines is 2. The predicted octanol–water partition coefficient (Wildman–Crippen LogP) is 15.9. The van der Waals surface area contributed by atoms with Crippen LogP contribution in [-0.2, 0) is 32.8 Å². The maximum Gasteiger partial charge on any atom is 0.378 e. The molecule has 16 heteroatoms. The van der Waals surface area contributed by atoms with E-state index in [4.69, 9.17) is 39.6 Å². The molecule has 3 heterocycles. The summed E-state index contributed by atoms with van der Waals surface area (Å²) in [6.45, 7) is 21.3. The molecule has 0 aliphatic rings. The Bertz CT molecular complexity index is 3860. The Hall–Kier alpha value is -7.75. The summed E-state index contributed by atoms with van der Waals surface area (Å²) in [5, 5.41) is 12.3. The van der Waals surface area contributed by atoms with Crippen LogP contribution >= 0.6 is 0 Å². The van der Waals surface area contributed by atoms with Crippen molar-refractivity contribution in [1.29, 1.82) is 0 Å². The molecule has 5 N–H and O–H groups in total. The van der Waals surface area contributed by atoms with Gasteiger partial charge in [0, 0.05) is 35.3 Å². The van der Waals surface area contributed by atoms with Crippen molar-refractivity contribution < 1.29 is 42.8 Å². The molecule has 0 spiro atoms. The van der Waals surface area contributed by atoms with E-state index in [2.05, 4.69) is 71.5 Å². The third kappa shape index (κ3) is 16.6. The normalized spacial score (nSPS) is 12.3. The average molecular weight is 1220 g/mol. The van der Waals surface area contributed by atoms with Gasteiger partial charge < -0.3 is 53.8 Å². The zero-order valence-corrected chi connectivity index (χ0v) is 54.5. The van der Waals surface area contributed by atoms with Gasteiger partial charge in [0.25, 0.3) is 5.76 Å². The molecule has 0 atom stereocenters. The molecule has 480 valence electrons. The van der Waals surface area contributed by atoms with Gasteiger partial charge in [-0.2, -0.15) is 0 Å². The van der Waals surface area contributed by atoms with Crippen LogP contribution in [0.3, 0.4) is 0 Å². The Kier molecular flexibility index (Phi) is 22.4. The van der Waals surface area contributed by atoms with E-state index in [1.54, 1.807) is 53.7 Å². The molecule has 0 unspecified atom stereocenters. The lowest BCUT2D eigenvalue weighted by Gasteiger charge is -2.26. The van der Waals surface area contributed by atoms with Crippen molar-refractivity contribution in [2.45, 2.75) is 227 Å². The van der Waals surface area contributed by atoms with E-state index in [1.807, 2.05) is 19.9 Å². The van der Waals surface area contributed by atoms with Crippen LogP contribution < -0.4 is 42.0 Å². The van der Waals surface area contributed by atoms with Crippen LogP contribution in [-0.4, -0.2) is 57.2 Å². The van der Waals surface area contributed by atoms with Gasteiger partial charge in [0.15, 0.2) is 12.2 Å². The van der Waals surface area contributed by atoms with E-state index in [9.17, 15) is 29.1 Å². The van der Waals surface area contributed by atoms with E-state index in [0.717, 1.165) is 111 Å². The molecule has 8 aromatic rings. The molecular weight excluding hydrogens is 1120 g/mol. The quantitative estimate of drug-likeness (QED) is 0.0194. The highest BCUT2D eigenvalue weighted by molar-refractivity contribution is 6.13. The molecule has 0 aliphatic carbocycles. The van der Waals surface area contributed by atoms with Crippen LogP contribution in [0.2, 0.25) is 0 Å². The third-order valence-electron chi connectivity index (χ3n) is 17.2. The van der Waals surface area contributed by atoms with Gasteiger partial charge in [-0.1, -0.05) is 141 Å². The van der Waals surface area contributed by atoms with Crippen molar-refractivity contribution in [2.75, 3.05) is 31.3 Å². The molecule has 0 fully saturated rings. The second-order valence-corrected chi connectivity index (χ2v) is 26.7. The second-order valence-electron chi connectivity index (χ2n) is 26.7. The highest BCUT2D eigenvalue weighted by Gasteiger charge is 2.30. The number of ether oxygens (including phenoxy) is 5. The van der Waals surface area contributed by atoms with Gasteiger partial charge in [-0.15, -0.1) is 0 Å². The average Bonchev–Trinajstić information content (AvgIpc) is 1.69. The minimum atomic E-state index is -0.911. The number of aromatic nitrogens is 2. The molecule has 0 aliphatic heterocycles. The van der Waals surface area contributed by atoms with Gasteiger partial charge in [-0.25, -0.2) is 9.59 Å². The van der Waals surface area contributed by atoms with Crippen molar-refractivity contribution in [3.8, 4) is 23.0 Å². The van der Waals surface area contributed by atoms with Crippen molar-refractivity contribution in [1.82, 2.24) is 9.13 Å². The molecule has 0 amide bonds. The molecule has 0 saturated heterocycles. The van der Waals surface area contributed by atoms with Crippen molar-refractivity contribution in [3.05, 3.63) is 126 Å². The summed E-state index contributed by atoms with van der Waals surface area (Å²) in [5.41, 5.74) is 16.5. The first-order valence-corrected chi connectivity index (χ1v) is 32.5. The Labute approximate surface area is 523 Å². The molecule has 0 bridgehead atoms. The number of carbonyl (C=O) groups excluding carboxylic acids is 2. The smallest absolute Gasteiger partial charge is 0.378 e. The summed E-state index contributed by atoms with van der Waals surface area (Å²) < 4.78 is 39.2. The van der Waals surface area contributed by atoms with Crippen LogP contribution in [0.4, 0.5) is 11.4 Å². The van der Waals surface area contributed by atoms with Crippen LogP contribution in [0.5, 0.6) is 23.0 Å². The lowest BCUT2D eigenvalue weighted by atomic mass is 9.78. The second kappa shape index (κ2) is 29.7. The first-order chi connectivity index (χ1) is 42.4. The third-order valence-corrected chi connectivity index (χ3v) is 17.2. The van der Waals surface area contributed by atoms with E-state index in [0.29, 0.717) is 40.7 Å². The number of unbranched alkanes of at least 4 members (excludes halogenated alkanes) is 18. The Morgan fingerprint density at radius 1 is 0.494 bits per heavy atom. The van der Waals surface area contributed by atoms with Crippen molar-refractivity contribution in [3.63, 3.8) is 0 Å². The van der Waals surface area contributed by atoms with Gasteiger partial charge in [0.1, 0.15) is 28.5 Å². The molecule has 0 saturated carbocycles. The van der Waals surface area contributed by atoms with Gasteiger partial charge in [-0.3, -0.25) is 14.4 Å². The number of hydrogen-bond acceptors (Lipinski definition) is 14. The fourth-order valence-electron chi connectivity index (χ4n) is 12.2. The first kappa shape index (κ1) is 67.2. The van der Waals surface area contributed by atoms with Crippen molar-refractivity contribution in [2.24, 2.45) is 0 Å². The standard InChI is InChI=1S/C73H96N4O12/c1-47-61(74)59-55(40-39-53-63(79)66(82)69(87-67(53)59)70(83)89-72(6,7)8)76(47)41-27-23-19-15-11-13-17-21-25-29-43-84-51-35-31-49(32-36-51)73(9,10)50-33-37-52(38-34-50)85-44-30-26-22-18-14-12-16-20-24-28-42-77-48(2)62(75)60-56(77)45-54-58(65(81)64(54)80)68(60)86-46-57(78)88-71(3,4)5/h31-40,45,82H,11-30,41-44,46,74-75H2,1-10H3. The van der Waals surface area contributed by atoms with Gasteiger partial charge in [-0.05, 0) is 135 Å². The molecular formula is C73H96N4O12. The number of nitrogen functional groups attached to an aromatic ring is 2. The minimum Gasteiger partial charge on any atom is -0.501 e. The van der Waals surface area contributed by atoms with Gasteiger partial charge in [0.05, 0.1) is 57.2 Å². The number of aromatic hydroxyl groups is 1. The summed E-state index contributed by atoms with van der Waals surface area (Å²) in [6.07, 6.45) is 22.9. The number of nitrogens with zero attached hydrogens (tertiary/aromatic N) is 2. The number of benzene rings is 4. The molecule has 89 heavy (non-hydrogen) atoms. The highest BCUT2D eigenvalue weighted by Crippen LogP contribution is 2.41. The van der Waals surface area contributed by atoms with Gasteiger partial charge in [0.2, 0.25) is 22.0 Å². The topological polar surface area (TPSA) is 227 Å². The number of hydrogen-bond donors (Lipinski definition) is 3. The zero-order valence-electron chi connectivity index (χ0n) is 54.5. The Morgan fingerprint density at radius 3 is 1.40 bits per heavy atom. The first-order valence-electron chi connectivity index (χ1n) is 32.5. The van der Waals surface area contributed by atoms with E-state index >= 15 is 0 Å². The zero-order chi connectivity index (χ0) is 64.2. The highest BCUT2D eigenvalue weighted by atomic mass is 16.6. The van der Waals surface area contributed by atoms with Crippen LogP contribution in [0.15, 0.2) is 85.5 Å². The summed E-state index contributed by atoms with van der Waals surface area (Å²) in [5.74, 6) is -0.784. The molecule has 3 aromatic heterocycles. The SMILES string of the molecule is Cc1c(N)c2c(OCC(=O)OC(C)(C)C)c3c(=O)c(=O)c3cc2n1CCCCCCCCCCCCOc1ccc(C(C)(C)c2ccc(OCCCCCCCCCCCCn3c(C)c(N)c4c5oc(C(=O)OC(C)(C)C)c(O)c(=O)c5ccc43)cc2)cc1. The van der Waals surface area contributed by atoms with E-state index < -0.39 is 57.5 Å². The van der Waals surface area contributed by atoms with E-state index in [-0.39, 0.29) is 27.5 Å². The summed E-state index contributed by atoms with van der Waals surface area (Å²) in [7, 11) is 0. The van der Waals surface area contributed by atoms with Crippen LogP contribution in [0.1, 0.15) is 217 Å². The van der Waals surface area contributed by atoms with E-state index in [1.165, 1.54) is 75.3 Å². The Balaban J connectivity index is 0.638. The lowest BCUT2D eigenvalue weighted by molar-refractivity contribution is -0.157. The number of rotatable bonds is 34. The summed E-state index contributed by atoms with van der Waals surface area (Å²) in [4.78, 5) is 63.6. The molecule has 16 nitrogen and oxygen atoms in total. The van der Waals surface area contributed by atoms with Crippen LogP contribution in [0.25, 0.3) is 43.5 Å². The summed E-state index contributed by atoms with van der Waals surface area (Å²) >= 11 is 0.